The topological polar surface area (TPSA) is 40.6 Å². The summed E-state index contributed by atoms with van der Waals surface area (Å²) in [5.41, 5.74) is 3.20. The second kappa shape index (κ2) is 4.71. The van der Waals surface area contributed by atoms with Crippen LogP contribution in [0.25, 0.3) is 0 Å². The number of hydrogen-bond acceptors (Lipinski definition) is 3. The lowest BCUT2D eigenvalue weighted by atomic mass is 10.0. The Balaban J connectivity index is 2.01. The summed E-state index contributed by atoms with van der Waals surface area (Å²) < 4.78 is 25.3. The van der Waals surface area contributed by atoms with E-state index in [0.717, 1.165) is 42.9 Å². The van der Waals surface area contributed by atoms with Crippen LogP contribution in [0.3, 0.4) is 0 Å². The Morgan fingerprint density at radius 1 is 1.05 bits per heavy atom. The summed E-state index contributed by atoms with van der Waals surface area (Å²) in [6, 6.07) is 6.29. The van der Waals surface area contributed by atoms with Crippen molar-refractivity contribution < 1.29 is 8.42 Å². The van der Waals surface area contributed by atoms with Crippen molar-refractivity contribution in [3.63, 3.8) is 0 Å². The van der Waals surface area contributed by atoms with Crippen LogP contribution in [0.15, 0.2) is 18.2 Å². The fraction of sp³-hybridized carbons (Fsp3) is 0.571. The largest absolute Gasteiger partial charge is 0.371 e. The van der Waals surface area contributed by atoms with Crippen molar-refractivity contribution in [3.05, 3.63) is 23.8 Å². The van der Waals surface area contributed by atoms with Crippen LogP contribution in [-0.2, 0) is 16.4 Å². The minimum absolute atomic E-state index is 0.606. The van der Waals surface area contributed by atoms with Crippen molar-refractivity contribution in [3.8, 4) is 0 Å². The maximum Gasteiger partial charge on any atom is 0.232 e. The molecule has 1 aromatic rings. The second-order valence-corrected chi connectivity index (χ2v) is 7.35. The molecular formula is C14H20N2O2S. The van der Waals surface area contributed by atoms with E-state index in [2.05, 4.69) is 23.1 Å². The molecule has 0 radical (unpaired) electrons. The highest BCUT2D eigenvalue weighted by Crippen LogP contribution is 2.33. The van der Waals surface area contributed by atoms with Crippen LogP contribution in [-0.4, -0.2) is 34.3 Å². The normalized spacial score (nSPS) is 19.6. The third kappa shape index (κ3) is 2.43. The fourth-order valence-corrected chi connectivity index (χ4v) is 4.03. The van der Waals surface area contributed by atoms with Crippen LogP contribution in [0.5, 0.6) is 0 Å². The van der Waals surface area contributed by atoms with E-state index in [9.17, 15) is 8.42 Å². The number of benzene rings is 1. The van der Waals surface area contributed by atoms with Crippen molar-refractivity contribution in [2.45, 2.75) is 25.7 Å². The summed E-state index contributed by atoms with van der Waals surface area (Å²) >= 11 is 0. The highest BCUT2D eigenvalue weighted by Gasteiger charge is 2.25. The lowest BCUT2D eigenvalue weighted by Crippen LogP contribution is -2.34. The van der Waals surface area contributed by atoms with Gasteiger partial charge in [-0.15, -0.1) is 0 Å². The number of anilines is 2. The molecule has 3 rings (SSSR count). The molecule has 0 bridgehead atoms. The molecule has 1 aromatic carbocycles. The van der Waals surface area contributed by atoms with Crippen molar-refractivity contribution in [2.75, 3.05) is 35.1 Å². The molecule has 0 aliphatic carbocycles. The van der Waals surface area contributed by atoms with Gasteiger partial charge in [-0.05, 0) is 43.4 Å². The van der Waals surface area contributed by atoms with Crippen LogP contribution in [0.2, 0.25) is 0 Å². The third-order valence-electron chi connectivity index (χ3n) is 4.02. The quantitative estimate of drug-likeness (QED) is 0.832. The zero-order chi connectivity index (χ0) is 13.5. The first-order valence-corrected chi connectivity index (χ1v) is 8.76. The van der Waals surface area contributed by atoms with Gasteiger partial charge in [-0.25, -0.2) is 8.42 Å². The lowest BCUT2D eigenvalue weighted by molar-refractivity contribution is 0.592. The van der Waals surface area contributed by atoms with Crippen molar-refractivity contribution in [2.24, 2.45) is 0 Å². The van der Waals surface area contributed by atoms with E-state index in [1.54, 1.807) is 4.31 Å². The maximum atomic E-state index is 11.9. The molecule has 0 spiro atoms. The first-order valence-electron chi connectivity index (χ1n) is 6.91. The molecule has 2 heterocycles. The second-order valence-electron chi connectivity index (χ2n) is 5.45. The first kappa shape index (κ1) is 12.8. The molecule has 0 amide bonds. The molecule has 5 heteroatoms. The standard InChI is InChI=1S/C14H20N2O2S/c1-19(17,18)16-10-4-5-12-6-7-13(11-14(12)16)15-8-2-3-9-15/h6-7,11H,2-5,8-10H2,1H3. The van der Waals surface area contributed by atoms with Gasteiger partial charge in [0.05, 0.1) is 11.9 Å². The van der Waals surface area contributed by atoms with Gasteiger partial charge in [0.25, 0.3) is 0 Å². The predicted octanol–water partition coefficient (Wildman–Crippen LogP) is 2.00. The number of hydrogen-bond donors (Lipinski definition) is 0. The molecular weight excluding hydrogens is 260 g/mol. The minimum Gasteiger partial charge on any atom is -0.371 e. The van der Waals surface area contributed by atoms with Gasteiger partial charge in [0.1, 0.15) is 0 Å². The van der Waals surface area contributed by atoms with E-state index >= 15 is 0 Å². The van der Waals surface area contributed by atoms with Gasteiger partial charge in [-0.1, -0.05) is 6.07 Å². The summed E-state index contributed by atoms with van der Waals surface area (Å²) in [5, 5.41) is 0. The predicted molar refractivity (Wildman–Crippen MR) is 78.4 cm³/mol. The molecule has 19 heavy (non-hydrogen) atoms. The van der Waals surface area contributed by atoms with Gasteiger partial charge >= 0.3 is 0 Å². The summed E-state index contributed by atoms with van der Waals surface area (Å²) in [6.07, 6.45) is 5.63. The molecule has 0 unspecified atom stereocenters. The van der Waals surface area contributed by atoms with E-state index in [0.29, 0.717) is 6.54 Å². The smallest absolute Gasteiger partial charge is 0.232 e. The first-order chi connectivity index (χ1) is 9.05. The van der Waals surface area contributed by atoms with Crippen molar-refractivity contribution >= 4 is 21.4 Å². The zero-order valence-corrected chi connectivity index (χ0v) is 12.1. The summed E-state index contributed by atoms with van der Waals surface area (Å²) in [5.74, 6) is 0. The van der Waals surface area contributed by atoms with E-state index < -0.39 is 10.0 Å². The molecule has 0 N–H and O–H groups in total. The Morgan fingerprint density at radius 2 is 1.79 bits per heavy atom. The van der Waals surface area contributed by atoms with Crippen LogP contribution in [0, 0.1) is 0 Å². The Kier molecular flexibility index (Phi) is 3.17. The Labute approximate surface area is 115 Å². The molecule has 2 aliphatic rings. The highest BCUT2D eigenvalue weighted by atomic mass is 32.2. The number of aryl methyl sites for hydroxylation is 1. The lowest BCUT2D eigenvalue weighted by Gasteiger charge is -2.30. The molecule has 1 fully saturated rings. The van der Waals surface area contributed by atoms with Crippen LogP contribution in [0.4, 0.5) is 11.4 Å². The Hall–Kier alpha value is -1.23. The Morgan fingerprint density at radius 3 is 2.47 bits per heavy atom. The average Bonchev–Trinajstić information content (AvgIpc) is 2.90. The van der Waals surface area contributed by atoms with Crippen LogP contribution >= 0.6 is 0 Å². The van der Waals surface area contributed by atoms with Crippen molar-refractivity contribution in [1.29, 1.82) is 0 Å². The highest BCUT2D eigenvalue weighted by molar-refractivity contribution is 7.92. The van der Waals surface area contributed by atoms with E-state index in [-0.39, 0.29) is 0 Å². The maximum absolute atomic E-state index is 11.9. The number of rotatable bonds is 2. The summed E-state index contributed by atoms with van der Waals surface area (Å²) in [7, 11) is -3.16. The summed E-state index contributed by atoms with van der Waals surface area (Å²) in [4.78, 5) is 2.34. The molecule has 0 aromatic heterocycles. The fourth-order valence-electron chi connectivity index (χ4n) is 3.05. The number of sulfonamides is 1. The minimum atomic E-state index is -3.16. The molecule has 0 saturated carbocycles. The molecule has 2 aliphatic heterocycles. The third-order valence-corrected chi connectivity index (χ3v) is 5.20. The SMILES string of the molecule is CS(=O)(=O)N1CCCc2ccc(N3CCCC3)cc21. The zero-order valence-electron chi connectivity index (χ0n) is 11.3. The molecule has 1 saturated heterocycles. The van der Waals surface area contributed by atoms with Gasteiger partial charge in [0, 0.05) is 25.3 Å². The monoisotopic (exact) mass is 280 g/mol. The molecule has 4 nitrogen and oxygen atoms in total. The van der Waals surface area contributed by atoms with E-state index in [1.807, 2.05) is 0 Å². The van der Waals surface area contributed by atoms with Gasteiger partial charge in [-0.2, -0.15) is 0 Å². The number of fused-ring (bicyclic) bond motifs is 1. The Bertz CT molecular complexity index is 577. The van der Waals surface area contributed by atoms with E-state index in [1.165, 1.54) is 19.1 Å². The van der Waals surface area contributed by atoms with E-state index in [4.69, 9.17) is 0 Å². The van der Waals surface area contributed by atoms with Gasteiger partial charge in [0.2, 0.25) is 10.0 Å². The molecule has 0 atom stereocenters. The van der Waals surface area contributed by atoms with Gasteiger partial charge in [0.15, 0.2) is 0 Å². The van der Waals surface area contributed by atoms with Crippen LogP contribution in [0.1, 0.15) is 24.8 Å². The molecule has 104 valence electrons. The van der Waals surface area contributed by atoms with Crippen molar-refractivity contribution in [1.82, 2.24) is 0 Å². The van der Waals surface area contributed by atoms with Gasteiger partial charge in [-0.3, -0.25) is 4.31 Å². The number of nitrogens with zero attached hydrogens (tertiary/aromatic N) is 2. The summed E-state index contributed by atoms with van der Waals surface area (Å²) in [6.45, 7) is 2.77. The average molecular weight is 280 g/mol. The van der Waals surface area contributed by atoms with Gasteiger partial charge < -0.3 is 4.90 Å². The van der Waals surface area contributed by atoms with Crippen LogP contribution < -0.4 is 9.21 Å².